The summed E-state index contributed by atoms with van der Waals surface area (Å²) in [7, 11) is -20.8. The Morgan fingerprint density at radius 3 is 1.07 bits per heavy atom. The zero-order valence-corrected chi connectivity index (χ0v) is 17.1. The Hall–Kier alpha value is -1.92. The van der Waals surface area contributed by atoms with Crippen LogP contribution in [0.1, 0.15) is 11.1 Å². The van der Waals surface area contributed by atoms with Crippen molar-refractivity contribution in [1.29, 1.82) is 0 Å². The minimum Gasteiger partial charge on any atom is -0.282 e. The van der Waals surface area contributed by atoms with E-state index in [1.165, 1.54) is 0 Å². The predicted molar refractivity (Wildman–Crippen MR) is 94.9 cm³/mol. The molecule has 0 aromatic heterocycles. The third kappa shape index (κ3) is 5.17. The molecule has 0 aliphatic heterocycles. The number of benzene rings is 2. The van der Waals surface area contributed by atoms with Crippen molar-refractivity contribution in [2.24, 2.45) is 0 Å². The lowest BCUT2D eigenvalue weighted by Crippen LogP contribution is -2.14. The first-order valence-electron chi connectivity index (χ1n) is 7.08. The van der Waals surface area contributed by atoms with Crippen LogP contribution in [-0.2, 0) is 46.9 Å². The SMILES string of the molecule is O=S(=O)(O)c1cccc(Cc2cccc(S(=O)(=O)O)c2S(=O)(=O)O)c1S(=O)(=O)O. The van der Waals surface area contributed by atoms with Gasteiger partial charge in [-0.3, -0.25) is 18.2 Å². The molecule has 2 rings (SSSR count). The molecular formula is C13H12O12S4. The van der Waals surface area contributed by atoms with E-state index in [9.17, 15) is 51.9 Å². The second-order valence-electron chi connectivity index (χ2n) is 5.57. The van der Waals surface area contributed by atoms with Crippen molar-refractivity contribution in [1.82, 2.24) is 0 Å². The first-order chi connectivity index (χ1) is 12.9. The van der Waals surface area contributed by atoms with Crippen molar-refractivity contribution in [3.63, 3.8) is 0 Å². The van der Waals surface area contributed by atoms with E-state index in [1.807, 2.05) is 0 Å². The average molecular weight is 488 g/mol. The minimum atomic E-state index is -5.27. The molecule has 12 nitrogen and oxygen atoms in total. The van der Waals surface area contributed by atoms with E-state index in [1.54, 1.807) is 0 Å². The molecule has 0 fully saturated rings. The van der Waals surface area contributed by atoms with E-state index >= 15 is 0 Å². The van der Waals surface area contributed by atoms with Crippen molar-refractivity contribution in [3.05, 3.63) is 47.5 Å². The molecule has 2 aromatic rings. The maximum absolute atomic E-state index is 11.7. The van der Waals surface area contributed by atoms with Crippen molar-refractivity contribution in [3.8, 4) is 0 Å². The molecule has 16 heteroatoms. The highest BCUT2D eigenvalue weighted by Crippen LogP contribution is 2.31. The van der Waals surface area contributed by atoms with Crippen molar-refractivity contribution < 1.29 is 51.9 Å². The predicted octanol–water partition coefficient (Wildman–Crippen LogP) is 0.264. The molecule has 0 amide bonds. The summed E-state index contributed by atoms with van der Waals surface area (Å²) in [6.45, 7) is 0. The van der Waals surface area contributed by atoms with Crippen LogP contribution in [0.15, 0.2) is 56.0 Å². The van der Waals surface area contributed by atoms with Crippen LogP contribution >= 0.6 is 0 Å². The lowest BCUT2D eigenvalue weighted by Gasteiger charge is -2.14. The van der Waals surface area contributed by atoms with Crippen LogP contribution in [0.4, 0.5) is 0 Å². The Kier molecular flexibility index (Phi) is 5.96. The van der Waals surface area contributed by atoms with Gasteiger partial charge in [0.25, 0.3) is 40.5 Å². The molecule has 0 unspecified atom stereocenters. The quantitative estimate of drug-likeness (QED) is 0.403. The Morgan fingerprint density at radius 1 is 0.517 bits per heavy atom. The molecule has 29 heavy (non-hydrogen) atoms. The number of rotatable bonds is 6. The van der Waals surface area contributed by atoms with Crippen molar-refractivity contribution in [2.75, 3.05) is 0 Å². The Bertz CT molecular complexity index is 1290. The molecule has 0 saturated heterocycles. The smallest absolute Gasteiger partial charge is 0.282 e. The summed E-state index contributed by atoms with van der Waals surface area (Å²) in [6.07, 6.45) is -0.836. The van der Waals surface area contributed by atoms with Crippen LogP contribution in [0.2, 0.25) is 0 Å². The minimum absolute atomic E-state index is 0.556. The number of hydrogen-bond acceptors (Lipinski definition) is 8. The molecule has 0 radical (unpaired) electrons. The van der Waals surface area contributed by atoms with Crippen molar-refractivity contribution >= 4 is 40.5 Å². The van der Waals surface area contributed by atoms with Crippen LogP contribution in [0, 0.1) is 0 Å². The van der Waals surface area contributed by atoms with Gasteiger partial charge in [-0.05, 0) is 23.3 Å². The molecule has 0 saturated carbocycles. The van der Waals surface area contributed by atoms with Crippen LogP contribution in [0.3, 0.4) is 0 Å². The summed E-state index contributed by atoms with van der Waals surface area (Å²) in [5.41, 5.74) is -1.11. The Balaban J connectivity index is 2.91. The summed E-state index contributed by atoms with van der Waals surface area (Å²) in [4.78, 5) is -4.98. The van der Waals surface area contributed by atoms with Crippen LogP contribution in [0.5, 0.6) is 0 Å². The second kappa shape index (κ2) is 7.40. The molecule has 0 aliphatic rings. The summed E-state index contributed by atoms with van der Waals surface area (Å²) in [6, 6.07) is 5.14. The molecule has 4 N–H and O–H groups in total. The average Bonchev–Trinajstić information content (AvgIpc) is 2.50. The number of hydrogen-bond donors (Lipinski definition) is 4. The Morgan fingerprint density at radius 2 is 0.828 bits per heavy atom. The topological polar surface area (TPSA) is 217 Å². The first-order valence-corrected chi connectivity index (χ1v) is 12.8. The molecule has 0 atom stereocenters. The molecular weight excluding hydrogens is 476 g/mol. The van der Waals surface area contributed by atoms with E-state index in [4.69, 9.17) is 0 Å². The first kappa shape index (κ1) is 23.4. The second-order valence-corrected chi connectivity index (χ2v) is 11.1. The maximum Gasteiger partial charge on any atom is 0.296 e. The van der Waals surface area contributed by atoms with E-state index < -0.39 is 77.6 Å². The van der Waals surface area contributed by atoms with E-state index in [-0.39, 0.29) is 0 Å². The van der Waals surface area contributed by atoms with Gasteiger partial charge < -0.3 is 0 Å². The van der Waals surface area contributed by atoms with Gasteiger partial charge in [0.2, 0.25) is 0 Å². The van der Waals surface area contributed by atoms with Crippen LogP contribution in [-0.4, -0.2) is 51.9 Å². The normalized spacial score (nSPS) is 13.4. The highest BCUT2D eigenvalue weighted by molar-refractivity contribution is 7.89. The summed E-state index contributed by atoms with van der Waals surface area (Å²) in [5.74, 6) is 0. The lowest BCUT2D eigenvalue weighted by atomic mass is 10.0. The fraction of sp³-hybridized carbons (Fsp3) is 0.0769. The lowest BCUT2D eigenvalue weighted by molar-refractivity contribution is 0.464. The van der Waals surface area contributed by atoms with Gasteiger partial charge in [-0.2, -0.15) is 33.7 Å². The summed E-state index contributed by atoms with van der Waals surface area (Å²) < 4.78 is 130. The fourth-order valence-electron chi connectivity index (χ4n) is 2.60. The maximum atomic E-state index is 11.7. The highest BCUT2D eigenvalue weighted by atomic mass is 32.2. The molecule has 160 valence electrons. The molecule has 0 heterocycles. The standard InChI is InChI=1S/C13H12O12S4/c14-26(15,16)10-5-1-3-8(12(10)28(20,21)22)7-9-4-2-6-11(27(17,18)19)13(9)29(23,24)25/h1-6H,7H2,(H,14,15,16)(H,17,18,19)(H,20,21,22)(H,23,24,25). The van der Waals surface area contributed by atoms with Gasteiger partial charge in [-0.15, -0.1) is 0 Å². The molecule has 0 bridgehead atoms. The molecule has 0 aliphatic carbocycles. The zero-order valence-electron chi connectivity index (χ0n) is 13.9. The molecule has 0 spiro atoms. The van der Waals surface area contributed by atoms with E-state index in [2.05, 4.69) is 0 Å². The van der Waals surface area contributed by atoms with Gasteiger partial charge >= 0.3 is 0 Å². The van der Waals surface area contributed by atoms with E-state index in [0.717, 1.165) is 24.3 Å². The van der Waals surface area contributed by atoms with Gasteiger partial charge in [-0.25, -0.2) is 0 Å². The third-order valence-electron chi connectivity index (χ3n) is 3.57. The van der Waals surface area contributed by atoms with Gasteiger partial charge in [0, 0.05) is 6.42 Å². The van der Waals surface area contributed by atoms with E-state index in [0.29, 0.717) is 12.1 Å². The third-order valence-corrected chi connectivity index (χ3v) is 7.62. The zero-order chi connectivity index (χ0) is 22.4. The van der Waals surface area contributed by atoms with Crippen LogP contribution < -0.4 is 0 Å². The highest BCUT2D eigenvalue weighted by Gasteiger charge is 2.30. The summed E-state index contributed by atoms with van der Waals surface area (Å²) in [5, 5.41) is 0. The van der Waals surface area contributed by atoms with Crippen LogP contribution in [0.25, 0.3) is 0 Å². The fourth-order valence-corrected chi connectivity index (χ4v) is 6.68. The van der Waals surface area contributed by atoms with Crippen molar-refractivity contribution in [2.45, 2.75) is 26.0 Å². The largest absolute Gasteiger partial charge is 0.296 e. The summed E-state index contributed by atoms with van der Waals surface area (Å²) >= 11 is 0. The van der Waals surface area contributed by atoms with Gasteiger partial charge in [-0.1, -0.05) is 24.3 Å². The van der Waals surface area contributed by atoms with Gasteiger partial charge in [0.15, 0.2) is 0 Å². The van der Waals surface area contributed by atoms with Gasteiger partial charge in [0.1, 0.15) is 19.6 Å². The monoisotopic (exact) mass is 488 g/mol. The Labute approximate surface area is 165 Å². The van der Waals surface area contributed by atoms with Gasteiger partial charge in [0.05, 0.1) is 0 Å². The molecule has 2 aromatic carbocycles.